The van der Waals surface area contributed by atoms with Gasteiger partial charge in [-0.05, 0) is 48.6 Å². The number of amides is 1. The molecule has 0 saturated heterocycles. The summed E-state index contributed by atoms with van der Waals surface area (Å²) in [6, 6.07) is 17.9. The van der Waals surface area contributed by atoms with E-state index in [0.717, 1.165) is 29.3 Å². The Morgan fingerprint density at radius 1 is 1.00 bits per heavy atom. The largest absolute Gasteiger partial charge is 0.489 e. The summed E-state index contributed by atoms with van der Waals surface area (Å²) in [6.07, 6.45) is 2.60. The zero-order valence-electron chi connectivity index (χ0n) is 13.8. The van der Waals surface area contributed by atoms with Gasteiger partial charge in [0.1, 0.15) is 12.4 Å². The molecule has 0 bridgehead atoms. The minimum absolute atomic E-state index is 0.0483. The van der Waals surface area contributed by atoms with Crippen LogP contribution in [0.1, 0.15) is 24.0 Å². The Hall–Kier alpha value is -2.33. The first-order valence-corrected chi connectivity index (χ1v) is 8.53. The van der Waals surface area contributed by atoms with Gasteiger partial charge in [-0.1, -0.05) is 42.5 Å². The molecule has 0 heterocycles. The molecule has 1 saturated carbocycles. The summed E-state index contributed by atoms with van der Waals surface area (Å²) >= 11 is 0. The maximum atomic E-state index is 11.8. The van der Waals surface area contributed by atoms with Gasteiger partial charge in [-0.3, -0.25) is 4.79 Å². The second kappa shape index (κ2) is 8.50. The van der Waals surface area contributed by atoms with Crippen LogP contribution < -0.4 is 15.4 Å². The highest BCUT2D eigenvalue weighted by Gasteiger charge is 2.20. The molecule has 2 N–H and O–H groups in total. The molecule has 0 radical (unpaired) electrons. The van der Waals surface area contributed by atoms with Crippen LogP contribution in [0.5, 0.6) is 5.75 Å². The number of ether oxygens (including phenoxy) is 1. The third-order valence-corrected chi connectivity index (χ3v) is 4.08. The first-order valence-electron chi connectivity index (χ1n) is 8.53. The Morgan fingerprint density at radius 2 is 1.71 bits per heavy atom. The molecule has 1 aliphatic rings. The van der Waals surface area contributed by atoms with Gasteiger partial charge in [-0.15, -0.1) is 0 Å². The van der Waals surface area contributed by atoms with Crippen molar-refractivity contribution >= 4 is 5.91 Å². The molecule has 2 aromatic rings. The summed E-state index contributed by atoms with van der Waals surface area (Å²) in [5.74, 6) is 1.71. The summed E-state index contributed by atoms with van der Waals surface area (Å²) in [6.45, 7) is 2.47. The summed E-state index contributed by atoms with van der Waals surface area (Å²) < 4.78 is 5.72. The molecule has 0 spiro atoms. The van der Waals surface area contributed by atoms with Crippen LogP contribution in [0.4, 0.5) is 0 Å². The molecule has 0 unspecified atom stereocenters. The zero-order valence-corrected chi connectivity index (χ0v) is 13.8. The number of benzene rings is 2. The molecule has 0 atom stereocenters. The lowest BCUT2D eigenvalue weighted by atomic mass is 10.1. The smallest absolute Gasteiger partial charge is 0.234 e. The summed E-state index contributed by atoms with van der Waals surface area (Å²) in [4.78, 5) is 11.8. The quantitative estimate of drug-likeness (QED) is 0.746. The second-order valence-corrected chi connectivity index (χ2v) is 6.27. The van der Waals surface area contributed by atoms with Crippen LogP contribution in [0.2, 0.25) is 0 Å². The van der Waals surface area contributed by atoms with E-state index in [1.165, 1.54) is 12.8 Å². The average molecular weight is 324 g/mol. The number of rotatable bonds is 9. The van der Waals surface area contributed by atoms with E-state index < -0.39 is 0 Å². The van der Waals surface area contributed by atoms with Crippen LogP contribution in [-0.2, 0) is 17.9 Å². The van der Waals surface area contributed by atoms with Crippen molar-refractivity contribution in [3.63, 3.8) is 0 Å². The first kappa shape index (κ1) is 16.5. The predicted octanol–water partition coefficient (Wildman–Crippen LogP) is 2.88. The summed E-state index contributed by atoms with van der Waals surface area (Å²) in [7, 11) is 0. The molecule has 1 aliphatic carbocycles. The van der Waals surface area contributed by atoms with Crippen LogP contribution in [0.25, 0.3) is 0 Å². The number of nitrogens with one attached hydrogen (secondary N) is 2. The Balaban J connectivity index is 1.36. The number of carbonyl (C=O) groups is 1. The molecule has 126 valence electrons. The van der Waals surface area contributed by atoms with Gasteiger partial charge in [-0.2, -0.15) is 0 Å². The van der Waals surface area contributed by atoms with Crippen molar-refractivity contribution in [1.82, 2.24) is 10.6 Å². The molecular weight excluding hydrogens is 300 g/mol. The fraction of sp³-hybridized carbons (Fsp3) is 0.350. The van der Waals surface area contributed by atoms with Gasteiger partial charge < -0.3 is 15.4 Å². The highest BCUT2D eigenvalue weighted by molar-refractivity contribution is 5.77. The number of hydrogen-bond donors (Lipinski definition) is 2. The van der Waals surface area contributed by atoms with E-state index in [0.29, 0.717) is 19.7 Å². The van der Waals surface area contributed by atoms with Crippen LogP contribution in [-0.4, -0.2) is 19.0 Å². The molecule has 1 fully saturated rings. The van der Waals surface area contributed by atoms with E-state index in [4.69, 9.17) is 4.74 Å². The van der Waals surface area contributed by atoms with Crippen LogP contribution >= 0.6 is 0 Å². The monoisotopic (exact) mass is 324 g/mol. The SMILES string of the molecule is O=C(CNCC1CC1)NCc1ccc(COc2ccccc2)cc1. The lowest BCUT2D eigenvalue weighted by Crippen LogP contribution is -2.34. The van der Waals surface area contributed by atoms with Crippen LogP contribution in [0.3, 0.4) is 0 Å². The zero-order chi connectivity index (χ0) is 16.6. The molecule has 0 aromatic heterocycles. The van der Waals surface area contributed by atoms with Gasteiger partial charge in [0, 0.05) is 6.54 Å². The maximum absolute atomic E-state index is 11.8. The molecule has 2 aromatic carbocycles. The van der Waals surface area contributed by atoms with E-state index in [9.17, 15) is 4.79 Å². The normalized spacial score (nSPS) is 13.5. The lowest BCUT2D eigenvalue weighted by molar-refractivity contribution is -0.120. The van der Waals surface area contributed by atoms with Crippen molar-refractivity contribution in [3.05, 3.63) is 65.7 Å². The highest BCUT2D eigenvalue weighted by atomic mass is 16.5. The van der Waals surface area contributed by atoms with Gasteiger partial charge in [-0.25, -0.2) is 0 Å². The van der Waals surface area contributed by atoms with E-state index in [1.54, 1.807) is 0 Å². The maximum Gasteiger partial charge on any atom is 0.234 e. The fourth-order valence-corrected chi connectivity index (χ4v) is 2.41. The summed E-state index contributed by atoms with van der Waals surface area (Å²) in [5, 5.41) is 6.13. The third kappa shape index (κ3) is 5.70. The Morgan fingerprint density at radius 3 is 2.42 bits per heavy atom. The number of para-hydroxylation sites is 1. The van der Waals surface area contributed by atoms with Gasteiger partial charge in [0.15, 0.2) is 0 Å². The van der Waals surface area contributed by atoms with E-state index in [1.807, 2.05) is 54.6 Å². The van der Waals surface area contributed by atoms with Crippen LogP contribution in [0.15, 0.2) is 54.6 Å². The summed E-state index contributed by atoms with van der Waals surface area (Å²) in [5.41, 5.74) is 2.20. The predicted molar refractivity (Wildman–Crippen MR) is 94.7 cm³/mol. The van der Waals surface area contributed by atoms with E-state index in [2.05, 4.69) is 10.6 Å². The van der Waals surface area contributed by atoms with E-state index in [-0.39, 0.29) is 5.91 Å². The molecule has 3 rings (SSSR count). The standard InChI is InChI=1S/C20H24N2O2/c23-20(14-21-12-16-6-7-16)22-13-17-8-10-18(11-9-17)15-24-19-4-2-1-3-5-19/h1-5,8-11,16,21H,6-7,12-15H2,(H,22,23). The third-order valence-electron chi connectivity index (χ3n) is 4.08. The van der Waals surface area contributed by atoms with Crippen LogP contribution in [0, 0.1) is 5.92 Å². The minimum Gasteiger partial charge on any atom is -0.489 e. The van der Waals surface area contributed by atoms with E-state index >= 15 is 0 Å². The number of hydrogen-bond acceptors (Lipinski definition) is 3. The first-order chi connectivity index (χ1) is 11.8. The van der Waals surface area contributed by atoms with Gasteiger partial charge in [0.05, 0.1) is 6.54 Å². The Bertz CT molecular complexity index is 636. The fourth-order valence-electron chi connectivity index (χ4n) is 2.41. The Kier molecular flexibility index (Phi) is 5.85. The Labute approximate surface area is 143 Å². The van der Waals surface area contributed by atoms with Crippen molar-refractivity contribution in [2.24, 2.45) is 5.92 Å². The molecule has 24 heavy (non-hydrogen) atoms. The lowest BCUT2D eigenvalue weighted by Gasteiger charge is -2.08. The van der Waals surface area contributed by atoms with Crippen molar-refractivity contribution < 1.29 is 9.53 Å². The second-order valence-electron chi connectivity index (χ2n) is 6.27. The topological polar surface area (TPSA) is 50.4 Å². The highest BCUT2D eigenvalue weighted by Crippen LogP contribution is 2.27. The van der Waals surface area contributed by atoms with Gasteiger partial charge >= 0.3 is 0 Å². The van der Waals surface area contributed by atoms with Gasteiger partial charge in [0.25, 0.3) is 0 Å². The molecule has 1 amide bonds. The molecule has 0 aliphatic heterocycles. The molecule has 4 heteroatoms. The molecule has 4 nitrogen and oxygen atoms in total. The van der Waals surface area contributed by atoms with Crippen molar-refractivity contribution in [1.29, 1.82) is 0 Å². The van der Waals surface area contributed by atoms with Crippen molar-refractivity contribution in [3.8, 4) is 5.75 Å². The molecular formula is C20H24N2O2. The minimum atomic E-state index is 0.0483. The average Bonchev–Trinajstić information content (AvgIpc) is 3.44. The van der Waals surface area contributed by atoms with Crippen molar-refractivity contribution in [2.75, 3.05) is 13.1 Å². The number of carbonyl (C=O) groups excluding carboxylic acids is 1. The van der Waals surface area contributed by atoms with Gasteiger partial charge in [0.2, 0.25) is 5.91 Å². The van der Waals surface area contributed by atoms with Crippen molar-refractivity contribution in [2.45, 2.75) is 26.0 Å².